The van der Waals surface area contributed by atoms with E-state index in [2.05, 4.69) is 29.6 Å². The minimum absolute atomic E-state index is 0.147. The zero-order valence-electron chi connectivity index (χ0n) is 14.6. The van der Waals surface area contributed by atoms with Gasteiger partial charge in [0.15, 0.2) is 0 Å². The molecule has 1 aromatic heterocycles. The number of urea groups is 1. The van der Waals surface area contributed by atoms with Crippen LogP contribution in [0.3, 0.4) is 0 Å². The second-order valence-electron chi connectivity index (χ2n) is 7.33. The molecule has 0 radical (unpaired) electrons. The Morgan fingerprint density at radius 1 is 1.36 bits per heavy atom. The van der Waals surface area contributed by atoms with E-state index in [4.69, 9.17) is 0 Å². The standard InChI is InChI=1S/C16H30N4O2/c1-11(2)8-20-9-13(7-18-20)19-15(22)17-10-16(5,6)14(21)12(3)4/h7,9,11-12,14,21H,8,10H2,1-6H3,(H2,17,19,22). The number of hydrogen-bond acceptors (Lipinski definition) is 3. The van der Waals surface area contributed by atoms with E-state index in [1.54, 1.807) is 6.20 Å². The molecule has 0 saturated heterocycles. The lowest BCUT2D eigenvalue weighted by molar-refractivity contribution is 0.0154. The molecular formula is C16H30N4O2. The molecule has 0 aliphatic heterocycles. The minimum atomic E-state index is -0.471. The lowest BCUT2D eigenvalue weighted by Gasteiger charge is -2.33. The van der Waals surface area contributed by atoms with Gasteiger partial charge in [-0.15, -0.1) is 0 Å². The first-order valence-corrected chi connectivity index (χ1v) is 7.87. The van der Waals surface area contributed by atoms with Crippen molar-refractivity contribution in [3.05, 3.63) is 12.4 Å². The molecule has 2 amide bonds. The first-order valence-electron chi connectivity index (χ1n) is 7.87. The van der Waals surface area contributed by atoms with E-state index in [1.807, 2.05) is 38.6 Å². The second-order valence-corrected chi connectivity index (χ2v) is 7.33. The third-order valence-corrected chi connectivity index (χ3v) is 3.58. The van der Waals surface area contributed by atoms with Crippen molar-refractivity contribution in [2.75, 3.05) is 11.9 Å². The van der Waals surface area contributed by atoms with E-state index in [0.717, 1.165) is 6.54 Å². The summed E-state index contributed by atoms with van der Waals surface area (Å²) in [5, 5.41) is 19.9. The molecule has 0 aromatic carbocycles. The first kappa shape index (κ1) is 18.5. The number of nitrogens with one attached hydrogen (secondary N) is 2. The maximum Gasteiger partial charge on any atom is 0.319 e. The van der Waals surface area contributed by atoms with E-state index in [9.17, 15) is 9.90 Å². The smallest absolute Gasteiger partial charge is 0.319 e. The molecule has 0 bridgehead atoms. The third-order valence-electron chi connectivity index (χ3n) is 3.58. The van der Waals surface area contributed by atoms with Gasteiger partial charge in [0.2, 0.25) is 0 Å². The average Bonchev–Trinajstić information content (AvgIpc) is 2.81. The van der Waals surface area contributed by atoms with Gasteiger partial charge in [0, 0.05) is 24.7 Å². The van der Waals surface area contributed by atoms with Gasteiger partial charge in [-0.25, -0.2) is 4.79 Å². The SMILES string of the molecule is CC(C)Cn1cc(NC(=O)NCC(C)(C)C(O)C(C)C)cn1. The van der Waals surface area contributed by atoms with Gasteiger partial charge in [-0.3, -0.25) is 4.68 Å². The van der Waals surface area contributed by atoms with Crippen LogP contribution in [0.25, 0.3) is 0 Å². The van der Waals surface area contributed by atoms with Crippen LogP contribution in [0.2, 0.25) is 0 Å². The molecule has 1 aromatic rings. The number of hydrogen-bond donors (Lipinski definition) is 3. The van der Waals surface area contributed by atoms with Gasteiger partial charge in [-0.1, -0.05) is 41.5 Å². The molecule has 0 fully saturated rings. The zero-order valence-corrected chi connectivity index (χ0v) is 14.6. The van der Waals surface area contributed by atoms with Gasteiger partial charge in [-0.2, -0.15) is 5.10 Å². The second kappa shape index (κ2) is 7.63. The first-order chi connectivity index (χ1) is 10.1. The zero-order chi connectivity index (χ0) is 16.9. The van der Waals surface area contributed by atoms with Crippen LogP contribution >= 0.6 is 0 Å². The van der Waals surface area contributed by atoms with Crippen LogP contribution in [0.5, 0.6) is 0 Å². The molecule has 126 valence electrons. The molecule has 1 unspecified atom stereocenters. The summed E-state index contributed by atoms with van der Waals surface area (Å²) < 4.78 is 1.81. The summed E-state index contributed by atoms with van der Waals surface area (Å²) in [4.78, 5) is 11.9. The van der Waals surface area contributed by atoms with E-state index in [-0.39, 0.29) is 17.4 Å². The molecular weight excluding hydrogens is 280 g/mol. The fourth-order valence-corrected chi connectivity index (χ4v) is 2.39. The number of aliphatic hydroxyl groups excluding tert-OH is 1. The van der Waals surface area contributed by atoms with Gasteiger partial charge in [0.05, 0.1) is 18.0 Å². The van der Waals surface area contributed by atoms with E-state index in [0.29, 0.717) is 18.2 Å². The Hall–Kier alpha value is -1.56. The van der Waals surface area contributed by atoms with E-state index < -0.39 is 6.10 Å². The summed E-state index contributed by atoms with van der Waals surface area (Å²) in [7, 11) is 0. The van der Waals surface area contributed by atoms with E-state index in [1.165, 1.54) is 0 Å². The molecule has 3 N–H and O–H groups in total. The summed E-state index contributed by atoms with van der Waals surface area (Å²) in [5.74, 6) is 0.647. The number of carbonyl (C=O) groups is 1. The topological polar surface area (TPSA) is 79.2 Å². The van der Waals surface area contributed by atoms with Crippen LogP contribution in [-0.2, 0) is 6.54 Å². The van der Waals surface area contributed by atoms with Gasteiger partial charge in [-0.05, 0) is 11.8 Å². The number of nitrogens with zero attached hydrogens (tertiary/aromatic N) is 2. The Morgan fingerprint density at radius 2 is 2.00 bits per heavy atom. The summed E-state index contributed by atoms with van der Waals surface area (Å²) in [6.45, 7) is 13.3. The maximum absolute atomic E-state index is 11.9. The lowest BCUT2D eigenvalue weighted by atomic mass is 9.81. The fraction of sp³-hybridized carbons (Fsp3) is 0.750. The Labute approximate surface area is 133 Å². The van der Waals surface area contributed by atoms with Crippen molar-refractivity contribution in [2.24, 2.45) is 17.3 Å². The van der Waals surface area contributed by atoms with Crippen LogP contribution in [0, 0.1) is 17.3 Å². The third kappa shape index (κ3) is 5.67. The average molecular weight is 310 g/mol. The highest BCUT2D eigenvalue weighted by Crippen LogP contribution is 2.25. The fourth-order valence-electron chi connectivity index (χ4n) is 2.39. The van der Waals surface area contributed by atoms with Crippen LogP contribution < -0.4 is 10.6 Å². The molecule has 1 rings (SSSR count). The van der Waals surface area contributed by atoms with Crippen molar-refractivity contribution in [2.45, 2.75) is 54.2 Å². The van der Waals surface area contributed by atoms with Gasteiger partial charge in [0.25, 0.3) is 0 Å². The molecule has 0 spiro atoms. The number of amides is 2. The van der Waals surface area contributed by atoms with Crippen molar-refractivity contribution in [3.8, 4) is 0 Å². The summed E-state index contributed by atoms with van der Waals surface area (Å²) >= 11 is 0. The number of aliphatic hydroxyl groups is 1. The summed E-state index contributed by atoms with van der Waals surface area (Å²) in [6, 6.07) is -0.284. The molecule has 6 heteroatoms. The number of rotatable bonds is 7. The normalized spacial score (nSPS) is 13.5. The molecule has 0 saturated carbocycles. The molecule has 1 atom stereocenters. The summed E-state index contributed by atoms with van der Waals surface area (Å²) in [6.07, 6.45) is 2.98. The maximum atomic E-state index is 11.9. The lowest BCUT2D eigenvalue weighted by Crippen LogP contribution is -2.44. The van der Waals surface area contributed by atoms with Crippen molar-refractivity contribution < 1.29 is 9.90 Å². The molecule has 0 aliphatic rings. The van der Waals surface area contributed by atoms with E-state index >= 15 is 0 Å². The van der Waals surface area contributed by atoms with Crippen LogP contribution in [0.1, 0.15) is 41.5 Å². The summed E-state index contributed by atoms with van der Waals surface area (Å²) in [5.41, 5.74) is 0.285. The highest BCUT2D eigenvalue weighted by Gasteiger charge is 2.30. The quantitative estimate of drug-likeness (QED) is 0.724. The van der Waals surface area contributed by atoms with Gasteiger partial charge in [0.1, 0.15) is 0 Å². The highest BCUT2D eigenvalue weighted by atomic mass is 16.3. The monoisotopic (exact) mass is 310 g/mol. The van der Waals surface area contributed by atoms with Crippen molar-refractivity contribution in [1.82, 2.24) is 15.1 Å². The van der Waals surface area contributed by atoms with Gasteiger partial charge < -0.3 is 15.7 Å². The number of carbonyl (C=O) groups excluding carboxylic acids is 1. The molecule has 1 heterocycles. The minimum Gasteiger partial charge on any atom is -0.392 e. The Bertz CT molecular complexity index is 480. The van der Waals surface area contributed by atoms with Crippen LogP contribution in [0.4, 0.5) is 10.5 Å². The Kier molecular flexibility index (Phi) is 6.41. The predicted octanol–water partition coefficient (Wildman–Crippen LogP) is 2.70. The number of aromatic nitrogens is 2. The predicted molar refractivity (Wildman–Crippen MR) is 88.7 cm³/mol. The highest BCUT2D eigenvalue weighted by molar-refractivity contribution is 5.88. The Morgan fingerprint density at radius 3 is 2.55 bits per heavy atom. The van der Waals surface area contributed by atoms with Crippen molar-refractivity contribution in [3.63, 3.8) is 0 Å². The van der Waals surface area contributed by atoms with Crippen LogP contribution in [-0.4, -0.2) is 33.6 Å². The van der Waals surface area contributed by atoms with Gasteiger partial charge >= 0.3 is 6.03 Å². The largest absolute Gasteiger partial charge is 0.392 e. The Balaban J connectivity index is 2.48. The van der Waals surface area contributed by atoms with Crippen molar-refractivity contribution in [1.29, 1.82) is 0 Å². The number of anilines is 1. The molecule has 22 heavy (non-hydrogen) atoms. The van der Waals surface area contributed by atoms with Crippen molar-refractivity contribution >= 4 is 11.7 Å². The molecule has 0 aliphatic carbocycles. The van der Waals surface area contributed by atoms with Crippen LogP contribution in [0.15, 0.2) is 12.4 Å². The molecule has 6 nitrogen and oxygen atoms in total.